The smallest absolute Gasteiger partial charge is 0.417 e. The van der Waals surface area contributed by atoms with Gasteiger partial charge in [-0.3, -0.25) is 24.0 Å². The molecule has 0 bridgehead atoms. The molecule has 0 heterocycles. The molecule has 0 unspecified atom stereocenters. The highest BCUT2D eigenvalue weighted by atomic mass is 19.4. The quantitative estimate of drug-likeness (QED) is 0.162. The maximum Gasteiger partial charge on any atom is 0.417 e. The number of benzene rings is 2. The fraction of sp³-hybridized carbons (Fsp3) is 0.419. The van der Waals surface area contributed by atoms with Crippen molar-refractivity contribution in [3.8, 4) is 0 Å². The molecule has 4 N–H and O–H groups in total. The van der Waals surface area contributed by atoms with Gasteiger partial charge in [-0.25, -0.2) is 4.79 Å². The van der Waals surface area contributed by atoms with Crippen molar-refractivity contribution in [3.05, 3.63) is 70.8 Å². The average Bonchev–Trinajstić information content (AvgIpc) is 2.99. The van der Waals surface area contributed by atoms with Gasteiger partial charge in [-0.2, -0.15) is 26.3 Å². The second-order valence-electron chi connectivity index (χ2n) is 10.9. The number of carbonyl (C=O) groups excluding carboxylic acids is 5. The molecule has 0 radical (unpaired) electrons. The topological polar surface area (TPSA) is 168 Å². The number of halogens is 6. The Morgan fingerprint density at radius 2 is 1.33 bits per heavy atom. The van der Waals surface area contributed by atoms with Gasteiger partial charge in [0.25, 0.3) is 0 Å². The maximum atomic E-state index is 13.4. The lowest BCUT2D eigenvalue weighted by atomic mass is 10.00. The summed E-state index contributed by atoms with van der Waals surface area (Å²) in [5, 5.41) is 16.1. The van der Waals surface area contributed by atoms with Crippen LogP contribution >= 0.6 is 0 Å². The number of esters is 1. The Labute approximate surface area is 270 Å². The highest BCUT2D eigenvalue weighted by Gasteiger charge is 2.43. The van der Waals surface area contributed by atoms with Gasteiger partial charge in [-0.05, 0) is 37.0 Å². The molecule has 2 aromatic carbocycles. The fourth-order valence-corrected chi connectivity index (χ4v) is 4.32. The number of nitrogens with one attached hydrogen (secondary N) is 3. The van der Waals surface area contributed by atoms with Crippen LogP contribution < -0.4 is 16.0 Å². The Bertz CT molecular complexity index is 1460. The van der Waals surface area contributed by atoms with E-state index in [-0.39, 0.29) is 18.6 Å². The Morgan fingerprint density at radius 3 is 1.83 bits per heavy atom. The second-order valence-corrected chi connectivity index (χ2v) is 10.9. The summed E-state index contributed by atoms with van der Waals surface area (Å²) in [6, 6.07) is 5.40. The summed E-state index contributed by atoms with van der Waals surface area (Å²) in [4.78, 5) is 74.7. The molecule has 11 nitrogen and oxygen atoms in total. The van der Waals surface area contributed by atoms with Crippen molar-refractivity contribution >= 4 is 35.4 Å². The van der Waals surface area contributed by atoms with Crippen LogP contribution in [0.5, 0.6) is 0 Å². The number of amides is 3. The molecule has 0 saturated carbocycles. The third-order valence-corrected chi connectivity index (χ3v) is 6.81. The maximum absolute atomic E-state index is 13.4. The fourth-order valence-electron chi connectivity index (χ4n) is 4.32. The Morgan fingerprint density at radius 1 is 0.771 bits per heavy atom. The second kappa shape index (κ2) is 16.7. The third-order valence-electron chi connectivity index (χ3n) is 6.81. The van der Waals surface area contributed by atoms with Gasteiger partial charge in [0, 0.05) is 6.42 Å². The minimum atomic E-state index is -5.42. The zero-order valence-corrected chi connectivity index (χ0v) is 25.8. The summed E-state index contributed by atoms with van der Waals surface area (Å²) in [5.41, 5.74) is -4.99. The van der Waals surface area contributed by atoms with E-state index in [1.165, 1.54) is 0 Å². The van der Waals surface area contributed by atoms with Gasteiger partial charge in [0.1, 0.15) is 18.1 Å². The zero-order valence-electron chi connectivity index (χ0n) is 25.8. The molecule has 48 heavy (non-hydrogen) atoms. The van der Waals surface area contributed by atoms with Crippen LogP contribution in [0.2, 0.25) is 0 Å². The van der Waals surface area contributed by atoms with E-state index < -0.39 is 102 Å². The summed E-state index contributed by atoms with van der Waals surface area (Å²) >= 11 is 0. The first-order valence-corrected chi connectivity index (χ1v) is 14.3. The Kier molecular flexibility index (Phi) is 13.7. The standard InChI is InChI=1S/C31H33F6N3O8/c1-16(2)26(40-23(42)13-12-18-8-5-4-6-9-18)28(46)38-17(3)27(45)39-21(14-24(43)44)22(41)15-48-29(47)25-19(30(32,33)34)10-7-11-20(25)31(35,36)37/h4-11,16-17,21,26H,12-15H2,1-3H3,(H,38,46)(H,39,45)(H,40,42)(H,43,44)/t17-,21-,26-/m0/s1. The molecule has 0 aliphatic rings. The van der Waals surface area contributed by atoms with E-state index >= 15 is 0 Å². The summed E-state index contributed by atoms with van der Waals surface area (Å²) in [6.07, 6.45) is -11.5. The number of hydrogen-bond donors (Lipinski definition) is 4. The number of aliphatic carboxylic acids is 1. The highest BCUT2D eigenvalue weighted by molar-refractivity contribution is 5.98. The number of aryl methyl sites for hydroxylation is 1. The van der Waals surface area contributed by atoms with Gasteiger partial charge in [-0.15, -0.1) is 0 Å². The minimum Gasteiger partial charge on any atom is -0.481 e. The Hall–Kier alpha value is -4.96. The number of rotatable bonds is 15. The number of carboxylic acid groups (broad SMARTS) is 1. The molecule has 3 atom stereocenters. The van der Waals surface area contributed by atoms with Gasteiger partial charge in [0.15, 0.2) is 12.4 Å². The van der Waals surface area contributed by atoms with Crippen LogP contribution in [0.15, 0.2) is 48.5 Å². The number of ether oxygens (including phenoxy) is 1. The molecule has 0 aliphatic carbocycles. The van der Waals surface area contributed by atoms with Crippen LogP contribution in [0.4, 0.5) is 26.3 Å². The van der Waals surface area contributed by atoms with E-state index in [1.807, 2.05) is 23.5 Å². The molecule has 262 valence electrons. The lowest BCUT2D eigenvalue weighted by molar-refractivity contribution is -0.144. The van der Waals surface area contributed by atoms with E-state index in [2.05, 4.69) is 15.4 Å². The van der Waals surface area contributed by atoms with Crippen LogP contribution in [0.25, 0.3) is 0 Å². The summed E-state index contributed by atoms with van der Waals surface area (Å²) < 4.78 is 84.9. The molecule has 0 aliphatic heterocycles. The van der Waals surface area contributed by atoms with Crippen molar-refractivity contribution in [2.75, 3.05) is 6.61 Å². The molecule has 0 spiro atoms. The number of carboxylic acids is 1. The van der Waals surface area contributed by atoms with Gasteiger partial charge in [0.05, 0.1) is 23.1 Å². The average molecular weight is 690 g/mol. The number of Topliss-reactive ketones (excluding diaryl/α,β-unsaturated/α-hetero) is 1. The highest BCUT2D eigenvalue weighted by Crippen LogP contribution is 2.39. The van der Waals surface area contributed by atoms with Crippen LogP contribution in [-0.2, 0) is 47.5 Å². The molecule has 3 amide bonds. The molecule has 0 saturated heterocycles. The van der Waals surface area contributed by atoms with E-state index in [1.54, 1.807) is 26.0 Å². The molecule has 2 aromatic rings. The first-order chi connectivity index (χ1) is 22.2. The summed E-state index contributed by atoms with van der Waals surface area (Å²) in [6.45, 7) is 2.91. The monoisotopic (exact) mass is 689 g/mol. The van der Waals surface area contributed by atoms with Gasteiger partial charge in [0.2, 0.25) is 17.7 Å². The van der Waals surface area contributed by atoms with E-state index in [0.717, 1.165) is 12.5 Å². The predicted molar refractivity (Wildman–Crippen MR) is 155 cm³/mol. The molecule has 0 aromatic heterocycles. The number of hydrogen-bond acceptors (Lipinski definition) is 7. The lowest BCUT2D eigenvalue weighted by Crippen LogP contribution is -2.56. The van der Waals surface area contributed by atoms with Crippen LogP contribution in [-0.4, -0.2) is 65.3 Å². The Balaban J connectivity index is 2.09. The normalized spacial score (nSPS) is 13.5. The molecule has 2 rings (SSSR count). The predicted octanol–water partition coefficient (Wildman–Crippen LogP) is 3.69. The van der Waals surface area contributed by atoms with Crippen molar-refractivity contribution in [1.29, 1.82) is 0 Å². The van der Waals surface area contributed by atoms with E-state index in [9.17, 15) is 60.2 Å². The largest absolute Gasteiger partial charge is 0.481 e. The third kappa shape index (κ3) is 11.7. The van der Waals surface area contributed by atoms with Gasteiger partial charge < -0.3 is 25.8 Å². The molecule has 0 fully saturated rings. The summed E-state index contributed by atoms with van der Waals surface area (Å²) in [7, 11) is 0. The van der Waals surface area contributed by atoms with Crippen molar-refractivity contribution in [2.24, 2.45) is 5.92 Å². The first-order valence-electron chi connectivity index (χ1n) is 14.3. The summed E-state index contributed by atoms with van der Waals surface area (Å²) in [5.74, 6) is -8.02. The van der Waals surface area contributed by atoms with Gasteiger partial charge >= 0.3 is 24.3 Å². The molecule has 17 heteroatoms. The van der Waals surface area contributed by atoms with Crippen molar-refractivity contribution < 1.29 is 65.0 Å². The lowest BCUT2D eigenvalue weighted by Gasteiger charge is -2.25. The van der Waals surface area contributed by atoms with Crippen LogP contribution in [0.1, 0.15) is 60.7 Å². The van der Waals surface area contributed by atoms with Crippen LogP contribution in [0, 0.1) is 5.92 Å². The van der Waals surface area contributed by atoms with Crippen molar-refractivity contribution in [2.45, 2.75) is 70.5 Å². The first kappa shape index (κ1) is 39.2. The van der Waals surface area contributed by atoms with Gasteiger partial charge in [-0.1, -0.05) is 50.2 Å². The van der Waals surface area contributed by atoms with E-state index in [4.69, 9.17) is 0 Å². The zero-order chi connectivity index (χ0) is 36.4. The van der Waals surface area contributed by atoms with Crippen molar-refractivity contribution in [1.82, 2.24) is 16.0 Å². The molecular weight excluding hydrogens is 656 g/mol. The molecular formula is C31H33F6N3O8. The number of ketones is 1. The number of alkyl halides is 6. The van der Waals surface area contributed by atoms with Crippen LogP contribution in [0.3, 0.4) is 0 Å². The van der Waals surface area contributed by atoms with Crippen molar-refractivity contribution in [3.63, 3.8) is 0 Å². The minimum absolute atomic E-state index is 0.0550. The number of carbonyl (C=O) groups is 6. The SMILES string of the molecule is CC(C)[C@H](NC(=O)CCc1ccccc1)C(=O)N[C@@H](C)C(=O)N[C@@H](CC(=O)O)C(=O)COC(=O)c1c(C(F)(F)F)cccc1C(F)(F)F. The van der Waals surface area contributed by atoms with E-state index in [0.29, 0.717) is 12.5 Å².